The topological polar surface area (TPSA) is 129 Å². The van der Waals surface area contributed by atoms with Crippen LogP contribution in [0.2, 0.25) is 0 Å². The first kappa shape index (κ1) is 18.8. The Kier molecular flexibility index (Phi) is 7.14. The molecule has 128 valence electrons. The first-order valence-corrected chi connectivity index (χ1v) is 7.50. The molecule has 1 aliphatic heterocycles. The van der Waals surface area contributed by atoms with Crippen LogP contribution in [0.3, 0.4) is 0 Å². The van der Waals surface area contributed by atoms with Crippen molar-refractivity contribution in [3.8, 4) is 0 Å². The predicted molar refractivity (Wildman–Crippen MR) is 82.2 cm³/mol. The number of nitrogens with one attached hydrogen (secondary N) is 4. The third-order valence-corrected chi connectivity index (χ3v) is 3.93. The summed E-state index contributed by atoms with van der Waals surface area (Å²) in [6.07, 6.45) is 0. The summed E-state index contributed by atoms with van der Waals surface area (Å²) >= 11 is 0. The van der Waals surface area contributed by atoms with E-state index < -0.39 is 11.0 Å². The summed E-state index contributed by atoms with van der Waals surface area (Å²) in [6.45, 7) is 5.77. The van der Waals surface area contributed by atoms with Gasteiger partial charge in [-0.1, -0.05) is 0 Å². The number of nitro groups is 1. The lowest BCUT2D eigenvalue weighted by Gasteiger charge is -2.27. The standard InChI is InChI=1S/C13H27N5O4/c1-12(10-19)7-14-3-4-15-8-13(2,18(21)22)9-16-5-6-17-11(12)20/h14-16,19H,3-10H2,1-2H3,(H,17,20). The molecule has 22 heavy (non-hydrogen) atoms. The molecule has 0 aromatic carbocycles. The van der Waals surface area contributed by atoms with Crippen molar-refractivity contribution < 1.29 is 14.8 Å². The zero-order chi connectivity index (χ0) is 16.6. The summed E-state index contributed by atoms with van der Waals surface area (Å²) in [5, 5.41) is 32.6. The zero-order valence-corrected chi connectivity index (χ0v) is 13.3. The van der Waals surface area contributed by atoms with Crippen LogP contribution in [0.5, 0.6) is 0 Å². The Bertz CT molecular complexity index is 391. The number of carbonyl (C=O) groups excluding carboxylic acids is 1. The van der Waals surface area contributed by atoms with Crippen LogP contribution in [0.15, 0.2) is 0 Å². The third kappa shape index (κ3) is 5.16. The molecule has 0 saturated carbocycles. The molecule has 0 radical (unpaired) electrons. The van der Waals surface area contributed by atoms with Crippen LogP contribution in [0.1, 0.15) is 13.8 Å². The molecule has 2 atom stereocenters. The summed E-state index contributed by atoms with van der Waals surface area (Å²) in [5.74, 6) is -0.230. The van der Waals surface area contributed by atoms with E-state index in [1.165, 1.54) is 0 Å². The molecule has 0 aromatic rings. The molecular weight excluding hydrogens is 290 g/mol. The Morgan fingerprint density at radius 2 is 1.59 bits per heavy atom. The zero-order valence-electron chi connectivity index (χ0n) is 13.3. The molecule has 1 rings (SSSR count). The van der Waals surface area contributed by atoms with Crippen molar-refractivity contribution in [2.75, 3.05) is 52.4 Å². The monoisotopic (exact) mass is 317 g/mol. The lowest BCUT2D eigenvalue weighted by molar-refractivity contribution is -0.560. The smallest absolute Gasteiger partial charge is 0.243 e. The first-order valence-electron chi connectivity index (χ1n) is 7.50. The minimum Gasteiger partial charge on any atom is -0.395 e. The molecule has 0 spiro atoms. The largest absolute Gasteiger partial charge is 0.395 e. The maximum atomic E-state index is 12.1. The van der Waals surface area contributed by atoms with E-state index in [1.807, 2.05) is 0 Å². The Balaban J connectivity index is 2.65. The molecule has 1 fully saturated rings. The van der Waals surface area contributed by atoms with Crippen molar-refractivity contribution >= 4 is 5.91 Å². The quantitative estimate of drug-likeness (QED) is 0.292. The van der Waals surface area contributed by atoms with Gasteiger partial charge in [0.25, 0.3) is 0 Å². The van der Waals surface area contributed by atoms with Gasteiger partial charge in [-0.2, -0.15) is 0 Å². The highest BCUT2D eigenvalue weighted by Crippen LogP contribution is 2.14. The summed E-state index contributed by atoms with van der Waals surface area (Å²) in [5.41, 5.74) is -1.97. The Labute approximate surface area is 130 Å². The van der Waals surface area contributed by atoms with Crippen LogP contribution in [-0.4, -0.2) is 73.9 Å². The van der Waals surface area contributed by atoms with Crippen molar-refractivity contribution in [3.05, 3.63) is 10.1 Å². The third-order valence-electron chi connectivity index (χ3n) is 3.93. The van der Waals surface area contributed by atoms with Gasteiger partial charge in [-0.3, -0.25) is 14.9 Å². The van der Waals surface area contributed by atoms with Gasteiger partial charge in [0.05, 0.1) is 25.1 Å². The van der Waals surface area contributed by atoms with Crippen LogP contribution in [0, 0.1) is 15.5 Å². The Hall–Kier alpha value is -1.29. The number of rotatable bonds is 2. The second kappa shape index (κ2) is 8.37. The number of hydrogen-bond acceptors (Lipinski definition) is 7. The maximum Gasteiger partial charge on any atom is 0.243 e. The summed E-state index contributed by atoms with van der Waals surface area (Å²) in [4.78, 5) is 23.0. The van der Waals surface area contributed by atoms with E-state index in [2.05, 4.69) is 21.3 Å². The molecule has 0 aromatic heterocycles. The van der Waals surface area contributed by atoms with Gasteiger partial charge in [-0.05, 0) is 6.92 Å². The minimum absolute atomic E-state index is 0.216. The fourth-order valence-corrected chi connectivity index (χ4v) is 2.13. The first-order chi connectivity index (χ1) is 10.3. The fourth-order valence-electron chi connectivity index (χ4n) is 2.13. The van der Waals surface area contributed by atoms with Crippen molar-refractivity contribution in [1.29, 1.82) is 0 Å². The molecule has 1 saturated heterocycles. The highest BCUT2D eigenvalue weighted by Gasteiger charge is 2.36. The number of aliphatic hydroxyl groups excluding tert-OH is 1. The SMILES string of the molecule is CC1(CO)CNCCNCC(C)([N+](=O)[O-])CNCCNC1=O. The van der Waals surface area contributed by atoms with Crippen LogP contribution >= 0.6 is 0 Å². The number of hydrogen-bond donors (Lipinski definition) is 5. The average Bonchev–Trinajstić information content (AvgIpc) is 2.48. The van der Waals surface area contributed by atoms with Gasteiger partial charge in [-0.15, -0.1) is 0 Å². The van der Waals surface area contributed by atoms with E-state index in [9.17, 15) is 20.0 Å². The van der Waals surface area contributed by atoms with Gasteiger partial charge in [0.15, 0.2) is 0 Å². The van der Waals surface area contributed by atoms with Gasteiger partial charge in [-0.25, -0.2) is 0 Å². The number of nitrogens with zero attached hydrogens (tertiary/aromatic N) is 1. The van der Waals surface area contributed by atoms with E-state index in [0.717, 1.165) is 0 Å². The van der Waals surface area contributed by atoms with Crippen molar-refractivity contribution in [2.24, 2.45) is 5.41 Å². The van der Waals surface area contributed by atoms with Crippen LogP contribution in [0.25, 0.3) is 0 Å². The van der Waals surface area contributed by atoms with Crippen molar-refractivity contribution in [2.45, 2.75) is 19.4 Å². The van der Waals surface area contributed by atoms with Crippen LogP contribution in [0.4, 0.5) is 0 Å². The van der Waals surface area contributed by atoms with E-state index in [0.29, 0.717) is 32.7 Å². The minimum atomic E-state index is -1.09. The van der Waals surface area contributed by atoms with Gasteiger partial charge in [0.1, 0.15) is 0 Å². The van der Waals surface area contributed by atoms with Gasteiger partial charge >= 0.3 is 0 Å². The summed E-state index contributed by atoms with van der Waals surface area (Å²) in [7, 11) is 0. The average molecular weight is 317 g/mol. The second-order valence-electron chi connectivity index (χ2n) is 6.26. The number of amides is 1. The fraction of sp³-hybridized carbons (Fsp3) is 0.923. The molecular formula is C13H27N5O4. The van der Waals surface area contributed by atoms with Crippen LogP contribution < -0.4 is 21.3 Å². The van der Waals surface area contributed by atoms with Crippen molar-refractivity contribution in [3.63, 3.8) is 0 Å². The molecule has 2 unspecified atom stereocenters. The molecule has 1 heterocycles. The van der Waals surface area contributed by atoms with E-state index in [4.69, 9.17) is 0 Å². The Morgan fingerprint density at radius 1 is 1.09 bits per heavy atom. The summed E-state index contributed by atoms with van der Waals surface area (Å²) in [6, 6.07) is 0. The predicted octanol–water partition coefficient (Wildman–Crippen LogP) is -2.08. The highest BCUT2D eigenvalue weighted by molar-refractivity contribution is 5.82. The highest BCUT2D eigenvalue weighted by atomic mass is 16.6. The van der Waals surface area contributed by atoms with Gasteiger partial charge in [0, 0.05) is 44.6 Å². The molecule has 9 nitrogen and oxygen atoms in total. The van der Waals surface area contributed by atoms with Gasteiger partial charge < -0.3 is 26.4 Å². The van der Waals surface area contributed by atoms with E-state index >= 15 is 0 Å². The van der Waals surface area contributed by atoms with Crippen LogP contribution in [-0.2, 0) is 4.79 Å². The van der Waals surface area contributed by atoms with Crippen molar-refractivity contribution in [1.82, 2.24) is 21.3 Å². The lowest BCUT2D eigenvalue weighted by Crippen LogP contribution is -2.55. The normalized spacial score (nSPS) is 32.8. The van der Waals surface area contributed by atoms with E-state index in [1.54, 1.807) is 13.8 Å². The molecule has 9 heteroatoms. The number of aliphatic hydroxyl groups is 1. The second-order valence-corrected chi connectivity index (χ2v) is 6.26. The number of carbonyl (C=O) groups is 1. The molecule has 5 N–H and O–H groups in total. The molecule has 0 aliphatic carbocycles. The maximum absolute atomic E-state index is 12.1. The molecule has 1 aliphatic rings. The molecule has 1 amide bonds. The summed E-state index contributed by atoms with van der Waals surface area (Å²) < 4.78 is 0. The molecule has 0 bridgehead atoms. The van der Waals surface area contributed by atoms with E-state index in [-0.39, 0.29) is 30.5 Å². The Morgan fingerprint density at radius 3 is 2.09 bits per heavy atom. The van der Waals surface area contributed by atoms with Gasteiger partial charge in [0.2, 0.25) is 11.4 Å². The lowest BCUT2D eigenvalue weighted by atomic mass is 9.90.